The molecule has 10 heteroatoms. The Morgan fingerprint density at radius 3 is 2.36 bits per heavy atom. The molecule has 0 saturated carbocycles. The van der Waals surface area contributed by atoms with E-state index in [2.05, 4.69) is 21.9 Å². The molecule has 10 nitrogen and oxygen atoms in total. The van der Waals surface area contributed by atoms with Crippen molar-refractivity contribution in [3.63, 3.8) is 0 Å². The molecule has 0 aromatic heterocycles. The molecular formula is C26H39N3O7. The zero-order valence-corrected chi connectivity index (χ0v) is 22.2. The zero-order valence-electron chi connectivity index (χ0n) is 22.2. The molecule has 0 bridgehead atoms. The van der Waals surface area contributed by atoms with Crippen LogP contribution in [-0.2, 0) is 23.9 Å². The number of rotatable bonds is 11. The van der Waals surface area contributed by atoms with Crippen molar-refractivity contribution in [3.05, 3.63) is 42.0 Å². The predicted molar refractivity (Wildman–Crippen MR) is 135 cm³/mol. The Morgan fingerprint density at radius 2 is 1.83 bits per heavy atom. The number of phenols is 1. The lowest BCUT2D eigenvalue weighted by molar-refractivity contribution is -0.144. The van der Waals surface area contributed by atoms with Gasteiger partial charge in [0.05, 0.1) is 7.11 Å². The van der Waals surface area contributed by atoms with Crippen molar-refractivity contribution in [1.82, 2.24) is 15.5 Å². The van der Waals surface area contributed by atoms with Gasteiger partial charge in [0.2, 0.25) is 11.8 Å². The van der Waals surface area contributed by atoms with Gasteiger partial charge in [-0.2, -0.15) is 0 Å². The lowest BCUT2D eigenvalue weighted by Crippen LogP contribution is -2.53. The molecular weight excluding hydrogens is 466 g/mol. The number of benzene rings is 1. The Labute approximate surface area is 213 Å². The molecule has 0 spiro atoms. The summed E-state index contributed by atoms with van der Waals surface area (Å²) in [4.78, 5) is 52.5. The molecule has 0 aliphatic carbocycles. The van der Waals surface area contributed by atoms with Gasteiger partial charge in [0.25, 0.3) is 0 Å². The number of nitrogens with one attached hydrogen (secondary N) is 2. The Bertz CT molecular complexity index is 953. The Balaban J connectivity index is 3.51. The fourth-order valence-corrected chi connectivity index (χ4v) is 3.49. The molecule has 3 amide bonds. The molecule has 1 rings (SSSR count). The van der Waals surface area contributed by atoms with Crippen molar-refractivity contribution in [2.24, 2.45) is 5.92 Å². The minimum absolute atomic E-state index is 0.0124. The summed E-state index contributed by atoms with van der Waals surface area (Å²) in [5.74, 6) is -2.12. The average Bonchev–Trinajstić information content (AvgIpc) is 2.77. The topological polar surface area (TPSA) is 134 Å². The highest BCUT2D eigenvalue weighted by molar-refractivity contribution is 5.93. The fourth-order valence-electron chi connectivity index (χ4n) is 3.49. The van der Waals surface area contributed by atoms with Gasteiger partial charge in [-0.1, -0.05) is 38.1 Å². The minimum Gasteiger partial charge on any atom is -0.507 e. The third-order valence-electron chi connectivity index (χ3n) is 5.06. The molecule has 36 heavy (non-hydrogen) atoms. The molecule has 0 aliphatic rings. The maximum atomic E-state index is 13.8. The first kappa shape index (κ1) is 30.5. The highest BCUT2D eigenvalue weighted by Crippen LogP contribution is 2.32. The van der Waals surface area contributed by atoms with Crippen LogP contribution in [0.4, 0.5) is 4.79 Å². The lowest BCUT2D eigenvalue weighted by Gasteiger charge is -2.34. The molecule has 0 aliphatic heterocycles. The van der Waals surface area contributed by atoms with Crippen LogP contribution in [-0.4, -0.2) is 65.7 Å². The van der Waals surface area contributed by atoms with Crippen LogP contribution < -0.4 is 10.6 Å². The molecule has 200 valence electrons. The number of methoxy groups -OCH3 is 1. The number of nitrogens with zero attached hydrogens (tertiary/aromatic N) is 1. The number of phenolic OH excluding ortho intramolecular Hbond substituents is 1. The van der Waals surface area contributed by atoms with E-state index in [0.29, 0.717) is 5.56 Å². The monoisotopic (exact) mass is 505 g/mol. The quantitative estimate of drug-likeness (QED) is 0.311. The summed E-state index contributed by atoms with van der Waals surface area (Å²) in [6, 6.07) is 2.48. The molecule has 1 aromatic rings. The van der Waals surface area contributed by atoms with Gasteiger partial charge in [0.1, 0.15) is 30.0 Å². The summed E-state index contributed by atoms with van der Waals surface area (Å²) in [6.45, 7) is 13.8. The first-order chi connectivity index (χ1) is 16.7. The van der Waals surface area contributed by atoms with Gasteiger partial charge in [-0.3, -0.25) is 14.4 Å². The number of esters is 1. The molecule has 0 radical (unpaired) electrons. The Kier molecular flexibility index (Phi) is 11.4. The van der Waals surface area contributed by atoms with Crippen LogP contribution in [0.5, 0.6) is 5.75 Å². The van der Waals surface area contributed by atoms with Gasteiger partial charge in [-0.05, 0) is 45.6 Å². The molecule has 0 fully saturated rings. The second kappa shape index (κ2) is 13.5. The van der Waals surface area contributed by atoms with Crippen LogP contribution in [0.2, 0.25) is 0 Å². The molecule has 2 unspecified atom stereocenters. The van der Waals surface area contributed by atoms with Gasteiger partial charge in [-0.15, -0.1) is 6.58 Å². The number of ether oxygens (including phenoxy) is 2. The van der Waals surface area contributed by atoms with Crippen LogP contribution in [0.1, 0.15) is 58.2 Å². The molecule has 2 atom stereocenters. The first-order valence-electron chi connectivity index (χ1n) is 11.8. The van der Waals surface area contributed by atoms with E-state index < -0.39 is 48.1 Å². The van der Waals surface area contributed by atoms with E-state index >= 15 is 0 Å². The number of hydrogen-bond acceptors (Lipinski definition) is 7. The van der Waals surface area contributed by atoms with E-state index in [-0.39, 0.29) is 30.2 Å². The Hall–Kier alpha value is -3.56. The van der Waals surface area contributed by atoms with E-state index in [1.165, 1.54) is 24.2 Å². The van der Waals surface area contributed by atoms with Gasteiger partial charge in [0, 0.05) is 12.1 Å². The third-order valence-corrected chi connectivity index (χ3v) is 5.06. The van der Waals surface area contributed by atoms with Crippen LogP contribution in [0.15, 0.2) is 30.9 Å². The first-order valence-corrected chi connectivity index (χ1v) is 11.8. The van der Waals surface area contributed by atoms with Crippen LogP contribution in [0.3, 0.4) is 0 Å². The van der Waals surface area contributed by atoms with Crippen molar-refractivity contribution in [2.45, 2.75) is 65.6 Å². The molecule has 1 aromatic carbocycles. The average molecular weight is 506 g/mol. The SMILES string of the molecule is C=CCN(C(=O)C(CC(C)C)NC(=O)OC(C)(C)C)C(C(=O)NCC(=O)OC)c1cccc(C)c1O. The third kappa shape index (κ3) is 9.24. The molecule has 0 saturated heterocycles. The van der Waals surface area contributed by atoms with E-state index in [4.69, 9.17) is 4.74 Å². The number of aryl methyl sites for hydroxylation is 1. The standard InChI is InChI=1S/C26H39N3O7/c1-9-13-29(24(33)19(14-16(2)3)28-25(34)36-26(5,6)7)21(23(32)27-15-20(30)35-8)18-12-10-11-17(4)22(18)31/h9-12,16,19,21,31H,1,13-15H2,2-8H3,(H,27,32)(H,28,34). The van der Waals surface area contributed by atoms with Crippen LogP contribution in [0.25, 0.3) is 0 Å². The van der Waals surface area contributed by atoms with Crippen LogP contribution in [0, 0.1) is 12.8 Å². The number of alkyl carbamates (subject to hydrolysis) is 1. The Morgan fingerprint density at radius 1 is 1.19 bits per heavy atom. The summed E-state index contributed by atoms with van der Waals surface area (Å²) >= 11 is 0. The number of para-hydroxylation sites is 1. The predicted octanol–water partition coefficient (Wildman–Crippen LogP) is 2.98. The van der Waals surface area contributed by atoms with Crippen molar-refractivity contribution >= 4 is 23.9 Å². The van der Waals surface area contributed by atoms with Crippen molar-refractivity contribution in [2.75, 3.05) is 20.2 Å². The van der Waals surface area contributed by atoms with E-state index in [9.17, 15) is 24.3 Å². The van der Waals surface area contributed by atoms with Gasteiger partial charge < -0.3 is 30.1 Å². The van der Waals surface area contributed by atoms with E-state index in [1.54, 1.807) is 39.8 Å². The molecule has 0 heterocycles. The molecule has 3 N–H and O–H groups in total. The summed E-state index contributed by atoms with van der Waals surface area (Å²) in [7, 11) is 1.19. The number of aromatic hydroxyl groups is 1. The van der Waals surface area contributed by atoms with Crippen molar-refractivity contribution in [1.29, 1.82) is 0 Å². The highest BCUT2D eigenvalue weighted by atomic mass is 16.6. The van der Waals surface area contributed by atoms with Gasteiger partial charge in [-0.25, -0.2) is 4.79 Å². The fraction of sp³-hybridized carbons (Fsp3) is 0.538. The normalized spacial score (nSPS) is 12.8. The lowest BCUT2D eigenvalue weighted by atomic mass is 9.97. The number of hydrogen-bond donors (Lipinski definition) is 3. The van der Waals surface area contributed by atoms with E-state index in [0.717, 1.165) is 0 Å². The zero-order chi connectivity index (χ0) is 27.6. The summed E-state index contributed by atoms with van der Waals surface area (Å²) < 4.78 is 9.92. The minimum atomic E-state index is -1.32. The largest absolute Gasteiger partial charge is 0.507 e. The van der Waals surface area contributed by atoms with Gasteiger partial charge >= 0.3 is 12.1 Å². The smallest absolute Gasteiger partial charge is 0.408 e. The van der Waals surface area contributed by atoms with Crippen LogP contribution >= 0.6 is 0 Å². The van der Waals surface area contributed by atoms with E-state index in [1.807, 2.05) is 13.8 Å². The second-order valence-electron chi connectivity index (χ2n) is 9.82. The number of carbonyl (C=O) groups is 4. The number of carbonyl (C=O) groups excluding carboxylic acids is 4. The number of amides is 3. The van der Waals surface area contributed by atoms with Crippen molar-refractivity contribution < 1.29 is 33.8 Å². The summed E-state index contributed by atoms with van der Waals surface area (Å²) in [6.07, 6.45) is 0.929. The maximum Gasteiger partial charge on any atom is 0.408 e. The second-order valence-corrected chi connectivity index (χ2v) is 9.82. The summed E-state index contributed by atoms with van der Waals surface area (Å²) in [5, 5.41) is 15.8. The van der Waals surface area contributed by atoms with Crippen molar-refractivity contribution in [3.8, 4) is 5.75 Å². The van der Waals surface area contributed by atoms with Gasteiger partial charge in [0.15, 0.2) is 0 Å². The summed E-state index contributed by atoms with van der Waals surface area (Å²) in [5.41, 5.74) is -0.122. The maximum absolute atomic E-state index is 13.8. The highest BCUT2D eigenvalue weighted by Gasteiger charge is 2.37.